The number of rotatable bonds is 7. The van der Waals surface area contributed by atoms with Gasteiger partial charge in [-0.3, -0.25) is 4.98 Å². The number of benzene rings is 1. The normalized spacial score (nSPS) is 16.3. The Bertz CT molecular complexity index is 832. The summed E-state index contributed by atoms with van der Waals surface area (Å²) >= 11 is 0. The number of ether oxygens (including phenoxy) is 2. The van der Waals surface area contributed by atoms with Gasteiger partial charge in [0.25, 0.3) is 0 Å². The smallest absolute Gasteiger partial charge is 0.410 e. The van der Waals surface area contributed by atoms with E-state index in [0.29, 0.717) is 18.9 Å². The number of likely N-dealkylation sites (tertiary alicyclic amines) is 1. The third-order valence-electron chi connectivity index (χ3n) is 4.81. The first-order valence-electron chi connectivity index (χ1n) is 10.1. The van der Waals surface area contributed by atoms with Gasteiger partial charge in [-0.1, -0.05) is 24.3 Å². The van der Waals surface area contributed by atoms with Crippen molar-refractivity contribution in [2.24, 2.45) is 0 Å². The standard InChI is InChI=1S/C23H30N2O4/c1-23(2,3)29-22(27)25-10-9-20(25)16-28-21-13-19(14-24-15-21)18-8-4-6-17(12-18)7-5-11-26/h4,6,8,12-15,20,26H,5,7,9-11,16H2,1-3H3/t20-/m1/s1. The maximum atomic E-state index is 12.2. The second-order valence-corrected chi connectivity index (χ2v) is 8.36. The van der Waals surface area contributed by atoms with Crippen LogP contribution in [0, 0.1) is 0 Å². The highest BCUT2D eigenvalue weighted by atomic mass is 16.6. The third-order valence-corrected chi connectivity index (χ3v) is 4.81. The fourth-order valence-electron chi connectivity index (χ4n) is 3.21. The van der Waals surface area contributed by atoms with E-state index in [1.165, 1.54) is 5.56 Å². The molecule has 1 atom stereocenters. The maximum absolute atomic E-state index is 12.2. The molecule has 0 aliphatic carbocycles. The zero-order valence-electron chi connectivity index (χ0n) is 17.4. The van der Waals surface area contributed by atoms with Gasteiger partial charge in [0.05, 0.1) is 12.2 Å². The molecular weight excluding hydrogens is 368 g/mol. The largest absolute Gasteiger partial charge is 0.490 e. The van der Waals surface area contributed by atoms with Crippen molar-refractivity contribution in [1.82, 2.24) is 9.88 Å². The Hall–Kier alpha value is -2.60. The first-order chi connectivity index (χ1) is 13.9. The van der Waals surface area contributed by atoms with Crippen molar-refractivity contribution in [3.63, 3.8) is 0 Å². The molecule has 0 radical (unpaired) electrons. The van der Waals surface area contributed by atoms with E-state index < -0.39 is 5.60 Å². The molecule has 3 rings (SSSR count). The Morgan fingerprint density at radius 3 is 2.76 bits per heavy atom. The molecule has 1 amide bonds. The summed E-state index contributed by atoms with van der Waals surface area (Å²) in [5.41, 5.74) is 2.73. The van der Waals surface area contributed by atoms with Crippen LogP contribution < -0.4 is 4.74 Å². The van der Waals surface area contributed by atoms with Gasteiger partial charge in [0.15, 0.2) is 0 Å². The topological polar surface area (TPSA) is 71.9 Å². The summed E-state index contributed by atoms with van der Waals surface area (Å²) in [6.45, 7) is 6.91. The van der Waals surface area contributed by atoms with E-state index in [2.05, 4.69) is 17.1 Å². The van der Waals surface area contributed by atoms with Crippen molar-refractivity contribution in [2.45, 2.75) is 51.7 Å². The average molecular weight is 399 g/mol. The monoisotopic (exact) mass is 398 g/mol. The van der Waals surface area contributed by atoms with Crippen LogP contribution in [0.1, 0.15) is 39.2 Å². The Kier molecular flexibility index (Phi) is 6.75. The van der Waals surface area contributed by atoms with E-state index in [4.69, 9.17) is 14.6 Å². The number of amides is 1. The summed E-state index contributed by atoms with van der Waals surface area (Å²) in [5.74, 6) is 0.680. The van der Waals surface area contributed by atoms with Gasteiger partial charge in [-0.25, -0.2) is 4.79 Å². The molecule has 29 heavy (non-hydrogen) atoms. The van der Waals surface area contributed by atoms with E-state index in [-0.39, 0.29) is 18.7 Å². The fourth-order valence-corrected chi connectivity index (χ4v) is 3.21. The van der Waals surface area contributed by atoms with Crippen LogP contribution in [0.25, 0.3) is 11.1 Å². The first-order valence-corrected chi connectivity index (χ1v) is 10.1. The molecule has 1 aliphatic rings. The maximum Gasteiger partial charge on any atom is 0.410 e. The molecule has 6 heteroatoms. The molecule has 156 valence electrons. The second-order valence-electron chi connectivity index (χ2n) is 8.36. The van der Waals surface area contributed by atoms with Gasteiger partial charge in [0.1, 0.15) is 18.0 Å². The molecule has 1 aromatic heterocycles. The van der Waals surface area contributed by atoms with Gasteiger partial charge in [0, 0.05) is 24.9 Å². The highest BCUT2D eigenvalue weighted by molar-refractivity contribution is 5.69. The van der Waals surface area contributed by atoms with E-state index in [9.17, 15) is 4.79 Å². The predicted molar refractivity (Wildman–Crippen MR) is 112 cm³/mol. The lowest BCUT2D eigenvalue weighted by atomic mass is 10.0. The minimum Gasteiger partial charge on any atom is -0.490 e. The molecule has 1 aromatic carbocycles. The van der Waals surface area contributed by atoms with Crippen LogP contribution in [0.2, 0.25) is 0 Å². The van der Waals surface area contributed by atoms with Crippen LogP contribution in [0.4, 0.5) is 4.79 Å². The minimum atomic E-state index is -0.498. The predicted octanol–water partition coefficient (Wildman–Crippen LogP) is 4.06. The van der Waals surface area contributed by atoms with Crippen LogP contribution in [0.15, 0.2) is 42.7 Å². The number of hydrogen-bond acceptors (Lipinski definition) is 5. The van der Waals surface area contributed by atoms with Crippen molar-refractivity contribution in [1.29, 1.82) is 0 Å². The van der Waals surface area contributed by atoms with Crippen molar-refractivity contribution in [3.8, 4) is 16.9 Å². The summed E-state index contributed by atoms with van der Waals surface area (Å²) in [5, 5.41) is 9.03. The molecule has 2 heterocycles. The first kappa shape index (κ1) is 21.1. The van der Waals surface area contributed by atoms with Crippen molar-refractivity contribution in [2.75, 3.05) is 19.8 Å². The van der Waals surface area contributed by atoms with E-state index in [1.807, 2.05) is 45.2 Å². The van der Waals surface area contributed by atoms with Crippen molar-refractivity contribution >= 4 is 6.09 Å². The zero-order chi connectivity index (χ0) is 20.9. The lowest BCUT2D eigenvalue weighted by molar-refractivity contribution is -0.0141. The highest BCUT2D eigenvalue weighted by Crippen LogP contribution is 2.26. The van der Waals surface area contributed by atoms with E-state index in [0.717, 1.165) is 30.4 Å². The van der Waals surface area contributed by atoms with E-state index in [1.54, 1.807) is 11.1 Å². The Morgan fingerprint density at radius 2 is 2.07 bits per heavy atom. The number of aryl methyl sites for hydroxylation is 1. The summed E-state index contributed by atoms with van der Waals surface area (Å²) in [6.07, 6.45) is 5.71. The van der Waals surface area contributed by atoms with Crippen molar-refractivity contribution in [3.05, 3.63) is 48.3 Å². The summed E-state index contributed by atoms with van der Waals surface area (Å²) in [7, 11) is 0. The number of pyridine rings is 1. The molecule has 0 bridgehead atoms. The van der Waals surface area contributed by atoms with E-state index >= 15 is 0 Å². The Morgan fingerprint density at radius 1 is 1.24 bits per heavy atom. The van der Waals surface area contributed by atoms with Crippen LogP contribution in [0.5, 0.6) is 5.75 Å². The van der Waals surface area contributed by atoms with Gasteiger partial charge in [-0.15, -0.1) is 0 Å². The van der Waals surface area contributed by atoms with Gasteiger partial charge < -0.3 is 19.5 Å². The quantitative estimate of drug-likeness (QED) is 0.761. The molecule has 2 aromatic rings. The zero-order valence-corrected chi connectivity index (χ0v) is 17.4. The minimum absolute atomic E-state index is 0.0234. The molecule has 0 unspecified atom stereocenters. The summed E-state index contributed by atoms with van der Waals surface area (Å²) < 4.78 is 11.4. The van der Waals surface area contributed by atoms with Crippen LogP contribution in [-0.4, -0.2) is 52.5 Å². The number of carbonyl (C=O) groups is 1. The van der Waals surface area contributed by atoms with Gasteiger partial charge in [-0.2, -0.15) is 0 Å². The molecule has 0 spiro atoms. The molecule has 6 nitrogen and oxygen atoms in total. The lowest BCUT2D eigenvalue weighted by Gasteiger charge is -2.40. The number of carbonyl (C=O) groups excluding carboxylic acids is 1. The fraction of sp³-hybridized carbons (Fsp3) is 0.478. The molecule has 0 saturated carbocycles. The molecule has 1 N–H and O–H groups in total. The lowest BCUT2D eigenvalue weighted by Crippen LogP contribution is -2.55. The third kappa shape index (κ3) is 5.94. The number of hydrogen-bond donors (Lipinski definition) is 1. The van der Waals surface area contributed by atoms with Crippen LogP contribution >= 0.6 is 0 Å². The number of nitrogens with zero attached hydrogens (tertiary/aromatic N) is 2. The molecule has 1 fully saturated rings. The highest BCUT2D eigenvalue weighted by Gasteiger charge is 2.35. The SMILES string of the molecule is CC(C)(C)OC(=O)N1CC[C@@H]1COc1cncc(-c2cccc(CCCO)c2)c1. The molecule has 1 saturated heterocycles. The number of aliphatic hydroxyl groups is 1. The second kappa shape index (κ2) is 9.27. The van der Waals surface area contributed by atoms with Gasteiger partial charge in [0.2, 0.25) is 0 Å². The summed E-state index contributed by atoms with van der Waals surface area (Å²) in [4.78, 5) is 18.3. The number of aromatic nitrogens is 1. The van der Waals surface area contributed by atoms with Gasteiger partial charge >= 0.3 is 6.09 Å². The van der Waals surface area contributed by atoms with Crippen LogP contribution in [-0.2, 0) is 11.2 Å². The van der Waals surface area contributed by atoms with Crippen LogP contribution in [0.3, 0.4) is 0 Å². The Labute approximate surface area is 172 Å². The van der Waals surface area contributed by atoms with Crippen molar-refractivity contribution < 1.29 is 19.4 Å². The molecule has 1 aliphatic heterocycles. The van der Waals surface area contributed by atoms with Gasteiger partial charge in [-0.05, 0) is 57.2 Å². The molecular formula is C23H30N2O4. The summed E-state index contributed by atoms with van der Waals surface area (Å²) in [6, 6.07) is 10.2. The number of aliphatic hydroxyl groups excluding tert-OH is 1. The Balaban J connectivity index is 1.60. The average Bonchev–Trinajstić information content (AvgIpc) is 2.64.